The fraction of sp³-hybridized carbons (Fsp3) is 0.227. The normalized spacial score (nSPS) is 16.1. The third-order valence-electron chi connectivity index (χ3n) is 5.02. The second kappa shape index (κ2) is 6.69. The van der Waals surface area contributed by atoms with Crippen molar-refractivity contribution >= 4 is 33.5 Å². The largest absolute Gasteiger partial charge is 0.337 e. The first-order valence-electron chi connectivity index (χ1n) is 8.78. The van der Waals surface area contributed by atoms with Crippen molar-refractivity contribution in [2.24, 2.45) is 0 Å². The van der Waals surface area contributed by atoms with Crippen LogP contribution in [0, 0.1) is 0 Å². The molecule has 3 aromatic rings. The average Bonchev–Trinajstić information content (AvgIpc) is 2.65. The Kier molecular flexibility index (Phi) is 4.24. The minimum Gasteiger partial charge on any atom is -0.337 e. The van der Waals surface area contributed by atoms with Crippen LogP contribution in [0.1, 0.15) is 5.56 Å². The van der Waals surface area contributed by atoms with Crippen LogP contribution < -0.4 is 0 Å². The maximum absolute atomic E-state index is 12.6. The number of carbonyl (C=O) groups is 1. The lowest BCUT2D eigenvalue weighted by atomic mass is 9.96. The highest BCUT2D eigenvalue weighted by molar-refractivity contribution is 6.08. The van der Waals surface area contributed by atoms with Gasteiger partial charge < -0.3 is 9.80 Å². The quantitative estimate of drug-likeness (QED) is 0.527. The first-order chi connectivity index (χ1) is 12.2. The van der Waals surface area contributed by atoms with E-state index < -0.39 is 0 Å². The molecular weight excluding hydrogens is 308 g/mol. The highest BCUT2D eigenvalue weighted by Crippen LogP contribution is 2.29. The zero-order valence-electron chi connectivity index (χ0n) is 14.5. The zero-order chi connectivity index (χ0) is 17.2. The number of likely N-dealkylation sites (N-methyl/N-ethyl adjacent to an activating group) is 1. The van der Waals surface area contributed by atoms with Crippen molar-refractivity contribution in [3.63, 3.8) is 0 Å². The molecule has 3 nitrogen and oxygen atoms in total. The van der Waals surface area contributed by atoms with Crippen LogP contribution in [0.25, 0.3) is 27.6 Å². The molecule has 1 aliphatic heterocycles. The Morgan fingerprint density at radius 3 is 2.04 bits per heavy atom. The van der Waals surface area contributed by atoms with Gasteiger partial charge in [-0.05, 0) is 46.3 Å². The van der Waals surface area contributed by atoms with E-state index in [1.165, 1.54) is 21.5 Å². The number of fused-ring (bicyclic) bond motifs is 2. The topological polar surface area (TPSA) is 23.6 Å². The van der Waals surface area contributed by atoms with E-state index in [4.69, 9.17) is 0 Å². The van der Waals surface area contributed by atoms with E-state index in [9.17, 15) is 4.79 Å². The Bertz CT molecular complexity index is 899. The molecule has 1 heterocycles. The van der Waals surface area contributed by atoms with E-state index in [0.717, 1.165) is 31.7 Å². The number of carbonyl (C=O) groups excluding carboxylic acids is 1. The van der Waals surface area contributed by atoms with Gasteiger partial charge in [0.2, 0.25) is 5.91 Å². The highest BCUT2D eigenvalue weighted by Gasteiger charge is 2.17. The molecule has 3 aromatic carbocycles. The van der Waals surface area contributed by atoms with Crippen LogP contribution >= 0.6 is 0 Å². The Morgan fingerprint density at radius 1 is 0.880 bits per heavy atom. The summed E-state index contributed by atoms with van der Waals surface area (Å²) in [6.45, 7) is 3.49. The molecule has 1 aliphatic rings. The second-order valence-electron chi connectivity index (χ2n) is 6.69. The third kappa shape index (κ3) is 3.15. The fourth-order valence-electron chi connectivity index (χ4n) is 3.52. The van der Waals surface area contributed by atoms with E-state index in [-0.39, 0.29) is 5.91 Å². The Hall–Kier alpha value is -2.65. The fourth-order valence-corrected chi connectivity index (χ4v) is 3.52. The van der Waals surface area contributed by atoms with Crippen LogP contribution in [-0.4, -0.2) is 48.9 Å². The van der Waals surface area contributed by atoms with Gasteiger partial charge in [0.1, 0.15) is 0 Å². The van der Waals surface area contributed by atoms with Gasteiger partial charge in [0.15, 0.2) is 0 Å². The molecular formula is C22H22N2O. The molecule has 4 rings (SSSR count). The summed E-state index contributed by atoms with van der Waals surface area (Å²) in [6, 6.07) is 18.9. The second-order valence-corrected chi connectivity index (χ2v) is 6.69. The van der Waals surface area contributed by atoms with Gasteiger partial charge in [0.05, 0.1) is 0 Å². The first kappa shape index (κ1) is 15.9. The van der Waals surface area contributed by atoms with Gasteiger partial charge in [0.25, 0.3) is 0 Å². The molecule has 0 saturated carbocycles. The van der Waals surface area contributed by atoms with Gasteiger partial charge >= 0.3 is 0 Å². The van der Waals surface area contributed by atoms with E-state index in [1.54, 1.807) is 6.08 Å². The highest BCUT2D eigenvalue weighted by atomic mass is 16.2. The molecule has 3 heteroatoms. The smallest absolute Gasteiger partial charge is 0.246 e. The molecule has 1 fully saturated rings. The van der Waals surface area contributed by atoms with E-state index in [2.05, 4.69) is 66.5 Å². The Balaban J connectivity index is 1.73. The predicted octanol–water partition coefficient (Wildman–Crippen LogP) is 3.78. The van der Waals surface area contributed by atoms with Crippen molar-refractivity contribution in [1.82, 2.24) is 9.80 Å². The summed E-state index contributed by atoms with van der Waals surface area (Å²) < 4.78 is 0. The van der Waals surface area contributed by atoms with Crippen LogP contribution in [0.4, 0.5) is 0 Å². The zero-order valence-corrected chi connectivity index (χ0v) is 14.5. The van der Waals surface area contributed by atoms with E-state index in [1.807, 2.05) is 11.0 Å². The van der Waals surface area contributed by atoms with Crippen LogP contribution in [-0.2, 0) is 4.79 Å². The summed E-state index contributed by atoms with van der Waals surface area (Å²) in [5.41, 5.74) is 1.12. The van der Waals surface area contributed by atoms with E-state index in [0.29, 0.717) is 0 Å². The maximum Gasteiger partial charge on any atom is 0.246 e. The summed E-state index contributed by atoms with van der Waals surface area (Å²) >= 11 is 0. The van der Waals surface area contributed by atoms with E-state index >= 15 is 0 Å². The molecule has 0 aromatic heterocycles. The number of hydrogen-bond acceptors (Lipinski definition) is 2. The molecule has 0 N–H and O–H groups in total. The molecule has 0 bridgehead atoms. The molecule has 0 spiro atoms. The van der Waals surface area contributed by atoms with Crippen molar-refractivity contribution in [2.75, 3.05) is 33.2 Å². The minimum atomic E-state index is 0.102. The summed E-state index contributed by atoms with van der Waals surface area (Å²) in [7, 11) is 2.10. The van der Waals surface area contributed by atoms with Crippen molar-refractivity contribution < 1.29 is 4.79 Å². The lowest BCUT2D eigenvalue weighted by molar-refractivity contribution is -0.127. The molecule has 0 unspecified atom stereocenters. The maximum atomic E-state index is 12.6. The van der Waals surface area contributed by atoms with Crippen LogP contribution in [0.5, 0.6) is 0 Å². The molecule has 0 radical (unpaired) electrons. The minimum absolute atomic E-state index is 0.102. The number of piperazine rings is 1. The summed E-state index contributed by atoms with van der Waals surface area (Å²) in [5.74, 6) is 0.102. The summed E-state index contributed by atoms with van der Waals surface area (Å²) in [5, 5.41) is 4.77. The number of nitrogens with zero attached hydrogens (tertiary/aromatic N) is 2. The lowest BCUT2D eigenvalue weighted by Crippen LogP contribution is -2.46. The third-order valence-corrected chi connectivity index (χ3v) is 5.02. The summed E-state index contributed by atoms with van der Waals surface area (Å²) in [4.78, 5) is 16.8. The van der Waals surface area contributed by atoms with Gasteiger partial charge in [0, 0.05) is 32.3 Å². The van der Waals surface area contributed by atoms with Crippen molar-refractivity contribution in [1.29, 1.82) is 0 Å². The van der Waals surface area contributed by atoms with Crippen molar-refractivity contribution in [3.8, 4) is 0 Å². The van der Waals surface area contributed by atoms with Gasteiger partial charge in [-0.15, -0.1) is 0 Å². The molecule has 0 atom stereocenters. The standard InChI is InChI=1S/C22H22N2O/c1-23-12-14-24(15-13-23)22(25)11-10-21-19-8-4-2-6-17(19)16-18-7-3-5-9-20(18)21/h2-11,16H,12-15H2,1H3/b11-10+. The van der Waals surface area contributed by atoms with Gasteiger partial charge in [-0.25, -0.2) is 0 Å². The first-order valence-corrected chi connectivity index (χ1v) is 8.78. The van der Waals surface area contributed by atoms with Gasteiger partial charge in [-0.2, -0.15) is 0 Å². The van der Waals surface area contributed by atoms with Gasteiger partial charge in [-0.3, -0.25) is 4.79 Å². The van der Waals surface area contributed by atoms with Gasteiger partial charge in [-0.1, -0.05) is 48.5 Å². The number of hydrogen-bond donors (Lipinski definition) is 0. The number of amides is 1. The average molecular weight is 330 g/mol. The van der Waals surface area contributed by atoms with Crippen LogP contribution in [0.2, 0.25) is 0 Å². The Labute approximate surface area is 148 Å². The molecule has 1 saturated heterocycles. The number of benzene rings is 3. The van der Waals surface area contributed by atoms with Crippen LogP contribution in [0.15, 0.2) is 60.7 Å². The predicted molar refractivity (Wildman–Crippen MR) is 105 cm³/mol. The monoisotopic (exact) mass is 330 g/mol. The van der Waals surface area contributed by atoms with Crippen molar-refractivity contribution in [2.45, 2.75) is 0 Å². The lowest BCUT2D eigenvalue weighted by Gasteiger charge is -2.31. The molecule has 0 aliphatic carbocycles. The van der Waals surface area contributed by atoms with Crippen LogP contribution in [0.3, 0.4) is 0 Å². The Morgan fingerprint density at radius 2 is 1.44 bits per heavy atom. The van der Waals surface area contributed by atoms with Crippen molar-refractivity contribution in [3.05, 3.63) is 66.2 Å². The number of rotatable bonds is 2. The molecule has 25 heavy (non-hydrogen) atoms. The molecule has 126 valence electrons. The summed E-state index contributed by atoms with van der Waals surface area (Å²) in [6.07, 6.45) is 3.73. The molecule has 1 amide bonds. The SMILES string of the molecule is CN1CCN(C(=O)/C=C/c2c3ccccc3cc3ccccc23)CC1.